The number of hydrogen-bond acceptors (Lipinski definition) is 5. The Morgan fingerprint density at radius 1 is 1.31 bits per heavy atom. The van der Waals surface area contributed by atoms with Gasteiger partial charge in [-0.1, -0.05) is 6.07 Å². The van der Waals surface area contributed by atoms with Crippen LogP contribution < -0.4 is 5.32 Å². The number of nitrogens with zero attached hydrogens (tertiary/aromatic N) is 4. The van der Waals surface area contributed by atoms with Gasteiger partial charge in [0.1, 0.15) is 0 Å². The van der Waals surface area contributed by atoms with Gasteiger partial charge in [-0.15, -0.1) is 11.3 Å². The highest BCUT2D eigenvalue weighted by atomic mass is 32.1. The lowest BCUT2D eigenvalue weighted by Crippen LogP contribution is -2.50. The molecule has 1 N–H and O–H groups in total. The summed E-state index contributed by atoms with van der Waals surface area (Å²) in [4.78, 5) is 18.9. The highest BCUT2D eigenvalue weighted by Gasteiger charge is 2.32. The van der Waals surface area contributed by atoms with Crippen molar-refractivity contribution in [2.75, 3.05) is 33.2 Å². The van der Waals surface area contributed by atoms with E-state index in [1.807, 2.05) is 29.2 Å². The van der Waals surface area contributed by atoms with Crippen molar-refractivity contribution in [1.82, 2.24) is 24.9 Å². The molecule has 140 valence electrons. The molecule has 1 fully saturated rings. The highest BCUT2D eigenvalue weighted by molar-refractivity contribution is 7.09. The van der Waals surface area contributed by atoms with Crippen LogP contribution in [-0.4, -0.2) is 64.8 Å². The van der Waals surface area contributed by atoms with Gasteiger partial charge in [-0.05, 0) is 37.8 Å². The molecule has 0 saturated carbocycles. The average molecular weight is 374 g/mol. The molecule has 6 nitrogen and oxygen atoms in total. The topological polar surface area (TPSA) is 53.4 Å². The largest absolute Gasteiger partial charge is 0.346 e. The van der Waals surface area contributed by atoms with Crippen molar-refractivity contribution in [3.05, 3.63) is 39.3 Å². The quantitative estimate of drug-likeness (QED) is 0.883. The monoisotopic (exact) mass is 373 g/mol. The first kappa shape index (κ1) is 17.7. The predicted octanol–water partition coefficient (Wildman–Crippen LogP) is 1.52. The summed E-state index contributed by atoms with van der Waals surface area (Å²) in [6.07, 6.45) is 3.11. The highest BCUT2D eigenvalue weighted by Crippen LogP contribution is 2.27. The van der Waals surface area contributed by atoms with Crippen molar-refractivity contribution in [2.45, 2.75) is 31.8 Å². The first-order valence-corrected chi connectivity index (χ1v) is 10.3. The fourth-order valence-electron chi connectivity index (χ4n) is 4.12. The SMILES string of the molecule is CN1CCN([C@H]2CCc3c(c(C(=O)NCc4cccs4)nn3C)C2)CC1. The van der Waals surface area contributed by atoms with E-state index >= 15 is 0 Å². The molecular weight excluding hydrogens is 346 g/mol. The molecule has 0 aromatic carbocycles. The number of carbonyl (C=O) groups excluding carboxylic acids is 1. The maximum absolute atomic E-state index is 12.7. The van der Waals surface area contributed by atoms with Gasteiger partial charge in [0, 0.05) is 55.4 Å². The second-order valence-corrected chi connectivity index (χ2v) is 8.43. The Morgan fingerprint density at radius 3 is 2.85 bits per heavy atom. The van der Waals surface area contributed by atoms with Gasteiger partial charge in [-0.3, -0.25) is 14.4 Å². The maximum atomic E-state index is 12.7. The van der Waals surface area contributed by atoms with E-state index in [2.05, 4.69) is 27.3 Å². The molecular formula is C19H27N5OS. The summed E-state index contributed by atoms with van der Waals surface area (Å²) < 4.78 is 1.91. The smallest absolute Gasteiger partial charge is 0.272 e. The van der Waals surface area contributed by atoms with Crippen LogP contribution in [0, 0.1) is 0 Å². The van der Waals surface area contributed by atoms with Gasteiger partial charge in [-0.2, -0.15) is 5.10 Å². The molecule has 2 aromatic heterocycles. The normalized spacial score (nSPS) is 21.5. The third-order valence-electron chi connectivity index (χ3n) is 5.70. The van der Waals surface area contributed by atoms with Crippen molar-refractivity contribution >= 4 is 17.2 Å². The minimum Gasteiger partial charge on any atom is -0.346 e. The van der Waals surface area contributed by atoms with Gasteiger partial charge in [0.05, 0.1) is 6.54 Å². The third kappa shape index (κ3) is 3.56. The molecule has 3 heterocycles. The molecule has 0 radical (unpaired) electrons. The van der Waals surface area contributed by atoms with Crippen molar-refractivity contribution in [2.24, 2.45) is 7.05 Å². The van der Waals surface area contributed by atoms with E-state index in [9.17, 15) is 4.79 Å². The summed E-state index contributed by atoms with van der Waals surface area (Å²) in [5.41, 5.74) is 3.01. The van der Waals surface area contributed by atoms with Crippen molar-refractivity contribution in [3.8, 4) is 0 Å². The molecule has 1 atom stereocenters. The fourth-order valence-corrected chi connectivity index (χ4v) is 4.76. The number of piperazine rings is 1. The number of aromatic nitrogens is 2. The standard InChI is InChI=1S/C19H27N5OS/c1-22-7-9-24(10-8-22)14-5-6-17-16(12-14)18(21-23(17)2)19(25)20-13-15-4-3-11-26-15/h3-4,11,14H,5-10,12-13H2,1-2H3,(H,20,25)/t14-/m0/s1. The molecule has 26 heavy (non-hydrogen) atoms. The molecule has 2 aromatic rings. The predicted molar refractivity (Wildman–Crippen MR) is 104 cm³/mol. The Hall–Kier alpha value is -1.70. The van der Waals surface area contributed by atoms with E-state index in [0.717, 1.165) is 51.0 Å². The van der Waals surface area contributed by atoms with Crippen LogP contribution in [0.25, 0.3) is 0 Å². The fraction of sp³-hybridized carbons (Fsp3) is 0.579. The van der Waals surface area contributed by atoms with E-state index in [0.29, 0.717) is 18.3 Å². The van der Waals surface area contributed by atoms with Crippen molar-refractivity contribution in [3.63, 3.8) is 0 Å². The summed E-state index contributed by atoms with van der Waals surface area (Å²) in [7, 11) is 4.15. The minimum absolute atomic E-state index is 0.0470. The van der Waals surface area contributed by atoms with Gasteiger partial charge in [0.15, 0.2) is 5.69 Å². The molecule has 1 aliphatic heterocycles. The molecule has 4 rings (SSSR count). The van der Waals surface area contributed by atoms with E-state index in [4.69, 9.17) is 0 Å². The average Bonchev–Trinajstić information content (AvgIpc) is 3.28. The number of nitrogens with one attached hydrogen (secondary N) is 1. The Balaban J connectivity index is 1.47. The molecule has 0 unspecified atom stereocenters. The molecule has 2 aliphatic rings. The summed E-state index contributed by atoms with van der Waals surface area (Å²) in [5.74, 6) is -0.0470. The van der Waals surface area contributed by atoms with Crippen LogP contribution in [0.1, 0.15) is 33.0 Å². The number of rotatable bonds is 4. The van der Waals surface area contributed by atoms with Gasteiger partial charge < -0.3 is 10.2 Å². The second-order valence-electron chi connectivity index (χ2n) is 7.40. The molecule has 0 bridgehead atoms. The van der Waals surface area contributed by atoms with Crippen molar-refractivity contribution < 1.29 is 4.79 Å². The molecule has 0 spiro atoms. The van der Waals surface area contributed by atoms with Crippen LogP contribution in [0.3, 0.4) is 0 Å². The number of hydrogen-bond donors (Lipinski definition) is 1. The summed E-state index contributed by atoms with van der Waals surface area (Å²) in [6.45, 7) is 5.08. The molecule has 1 saturated heterocycles. The first-order valence-electron chi connectivity index (χ1n) is 9.39. The summed E-state index contributed by atoms with van der Waals surface area (Å²) in [6, 6.07) is 4.58. The second kappa shape index (κ2) is 7.50. The Morgan fingerprint density at radius 2 is 2.12 bits per heavy atom. The zero-order chi connectivity index (χ0) is 18.1. The summed E-state index contributed by atoms with van der Waals surface area (Å²) in [5, 5.41) is 9.64. The van der Waals surface area contributed by atoms with Crippen LogP contribution >= 0.6 is 11.3 Å². The third-order valence-corrected chi connectivity index (χ3v) is 6.58. The zero-order valence-corrected chi connectivity index (χ0v) is 16.4. The van der Waals surface area contributed by atoms with Crippen LogP contribution in [0.5, 0.6) is 0 Å². The van der Waals surface area contributed by atoms with Crippen LogP contribution in [0.2, 0.25) is 0 Å². The molecule has 1 aliphatic carbocycles. The number of amides is 1. The van der Waals surface area contributed by atoms with E-state index in [1.54, 1.807) is 11.3 Å². The Kier molecular flexibility index (Phi) is 5.11. The number of carbonyl (C=O) groups is 1. The Bertz CT molecular complexity index is 761. The van der Waals surface area contributed by atoms with Crippen molar-refractivity contribution in [1.29, 1.82) is 0 Å². The number of thiophene rings is 1. The van der Waals surface area contributed by atoms with Crippen LogP contribution in [-0.2, 0) is 26.4 Å². The van der Waals surface area contributed by atoms with Gasteiger partial charge >= 0.3 is 0 Å². The Labute approximate surface area is 158 Å². The lowest BCUT2D eigenvalue weighted by Gasteiger charge is -2.39. The lowest BCUT2D eigenvalue weighted by molar-refractivity contribution is 0.0938. The number of fused-ring (bicyclic) bond motifs is 1. The maximum Gasteiger partial charge on any atom is 0.272 e. The van der Waals surface area contributed by atoms with E-state index < -0.39 is 0 Å². The number of likely N-dealkylation sites (N-methyl/N-ethyl adjacent to an activating group) is 1. The van der Waals surface area contributed by atoms with Gasteiger partial charge in [-0.25, -0.2) is 0 Å². The first-order chi connectivity index (χ1) is 12.6. The van der Waals surface area contributed by atoms with E-state index in [-0.39, 0.29) is 5.91 Å². The van der Waals surface area contributed by atoms with Gasteiger partial charge in [0.2, 0.25) is 0 Å². The van der Waals surface area contributed by atoms with Crippen LogP contribution in [0.15, 0.2) is 17.5 Å². The zero-order valence-electron chi connectivity index (χ0n) is 15.6. The lowest BCUT2D eigenvalue weighted by atomic mass is 9.90. The summed E-state index contributed by atoms with van der Waals surface area (Å²) >= 11 is 1.66. The molecule has 1 amide bonds. The van der Waals surface area contributed by atoms with Gasteiger partial charge in [0.25, 0.3) is 5.91 Å². The minimum atomic E-state index is -0.0470. The van der Waals surface area contributed by atoms with Crippen LogP contribution in [0.4, 0.5) is 0 Å². The molecule has 7 heteroatoms. The number of aryl methyl sites for hydroxylation is 1. The van der Waals surface area contributed by atoms with E-state index in [1.165, 1.54) is 10.6 Å².